The summed E-state index contributed by atoms with van der Waals surface area (Å²) in [5.41, 5.74) is 2.22. The summed E-state index contributed by atoms with van der Waals surface area (Å²) in [5, 5.41) is 0. The van der Waals surface area contributed by atoms with Crippen LogP contribution in [0.3, 0.4) is 0 Å². The minimum absolute atomic E-state index is 0.0345. The maximum Gasteiger partial charge on any atom is 0.416 e. The summed E-state index contributed by atoms with van der Waals surface area (Å²) in [7, 11) is 0. The third kappa shape index (κ3) is 3.97. The lowest BCUT2D eigenvalue weighted by Gasteiger charge is -2.14. The molecule has 0 spiro atoms. The van der Waals surface area contributed by atoms with E-state index >= 15 is 0 Å². The largest absolute Gasteiger partial charge is 0.416 e. The average molecular weight is 400 g/mol. The van der Waals surface area contributed by atoms with Gasteiger partial charge in [0.1, 0.15) is 5.52 Å². The van der Waals surface area contributed by atoms with Gasteiger partial charge >= 0.3 is 12.4 Å². The number of rotatable bonds is 3. The number of H-pyrrole nitrogens is 1. The van der Waals surface area contributed by atoms with Crippen molar-refractivity contribution in [2.75, 3.05) is 0 Å². The number of carbonyl (C=O) groups excluding carboxylic acids is 1. The van der Waals surface area contributed by atoms with Crippen LogP contribution in [-0.2, 0) is 17.1 Å². The topological polar surface area (TPSA) is 84.7 Å². The first-order chi connectivity index (χ1) is 12.9. The van der Waals surface area contributed by atoms with Crippen LogP contribution in [0.2, 0.25) is 0 Å². The summed E-state index contributed by atoms with van der Waals surface area (Å²) in [6.45, 7) is 0. The third-order valence-electron chi connectivity index (χ3n) is 3.72. The first-order valence-corrected chi connectivity index (χ1v) is 7.56. The Hall–Kier alpha value is -3.37. The predicted molar refractivity (Wildman–Crippen MR) is 87.6 cm³/mol. The lowest BCUT2D eigenvalue weighted by atomic mass is 10.0. The van der Waals surface area contributed by atoms with E-state index in [4.69, 9.17) is 5.73 Å². The number of hydrogen-bond acceptors (Lipinski definition) is 3. The number of aromatic nitrogens is 3. The van der Waals surface area contributed by atoms with Gasteiger partial charge in [-0.3, -0.25) is 4.79 Å². The first-order valence-electron chi connectivity index (χ1n) is 7.56. The SMILES string of the molecule is NC(=O)/C=C/c1c[nH]c2ncc(-c3cc(C(F)(F)F)cc(C(F)(F)F)c3)nc12. The number of benzene rings is 1. The van der Waals surface area contributed by atoms with Crippen LogP contribution in [-0.4, -0.2) is 20.9 Å². The highest BCUT2D eigenvalue weighted by molar-refractivity contribution is 5.93. The zero-order valence-electron chi connectivity index (χ0n) is 13.7. The molecule has 0 bridgehead atoms. The van der Waals surface area contributed by atoms with Crippen LogP contribution in [0.4, 0.5) is 26.3 Å². The maximum atomic E-state index is 13.0. The van der Waals surface area contributed by atoms with Crippen molar-refractivity contribution >= 4 is 23.1 Å². The number of primary amides is 1. The molecule has 3 N–H and O–H groups in total. The third-order valence-corrected chi connectivity index (χ3v) is 3.72. The van der Waals surface area contributed by atoms with Crippen molar-refractivity contribution in [2.45, 2.75) is 12.4 Å². The number of nitrogens with one attached hydrogen (secondary N) is 1. The zero-order valence-corrected chi connectivity index (χ0v) is 13.7. The van der Waals surface area contributed by atoms with Gasteiger partial charge in [-0.15, -0.1) is 0 Å². The molecule has 3 aromatic rings. The molecule has 0 aliphatic carbocycles. The summed E-state index contributed by atoms with van der Waals surface area (Å²) >= 11 is 0. The van der Waals surface area contributed by atoms with Crippen LogP contribution in [0, 0.1) is 0 Å². The highest BCUT2D eigenvalue weighted by Gasteiger charge is 2.37. The number of carbonyl (C=O) groups is 1. The Morgan fingerprint density at radius 1 is 1.04 bits per heavy atom. The van der Waals surface area contributed by atoms with Gasteiger partial charge in [-0.2, -0.15) is 26.3 Å². The Labute approximate surface area is 152 Å². The van der Waals surface area contributed by atoms with E-state index in [2.05, 4.69) is 15.0 Å². The molecule has 0 unspecified atom stereocenters. The van der Waals surface area contributed by atoms with Gasteiger partial charge in [-0.1, -0.05) is 0 Å². The highest BCUT2D eigenvalue weighted by Crippen LogP contribution is 2.38. The predicted octanol–water partition coefficient (Wildman–Crippen LogP) is 4.16. The molecule has 0 saturated heterocycles. The van der Waals surface area contributed by atoms with Crippen molar-refractivity contribution in [3.05, 3.63) is 53.4 Å². The van der Waals surface area contributed by atoms with Gasteiger partial charge in [0.25, 0.3) is 0 Å². The van der Waals surface area contributed by atoms with E-state index < -0.39 is 35.0 Å². The summed E-state index contributed by atoms with van der Waals surface area (Å²) < 4.78 is 78.2. The molecule has 3 rings (SSSR count). The number of nitrogens with two attached hydrogens (primary N) is 1. The molecule has 0 fully saturated rings. The fourth-order valence-corrected chi connectivity index (χ4v) is 2.45. The van der Waals surface area contributed by atoms with Crippen LogP contribution in [0.1, 0.15) is 16.7 Å². The van der Waals surface area contributed by atoms with Crippen molar-refractivity contribution in [1.29, 1.82) is 0 Å². The second kappa shape index (κ2) is 6.66. The van der Waals surface area contributed by atoms with E-state index in [0.717, 1.165) is 12.3 Å². The monoisotopic (exact) mass is 400 g/mol. The van der Waals surface area contributed by atoms with E-state index in [-0.39, 0.29) is 22.9 Å². The minimum atomic E-state index is -4.98. The van der Waals surface area contributed by atoms with Crippen molar-refractivity contribution < 1.29 is 31.1 Å². The van der Waals surface area contributed by atoms with Crippen molar-refractivity contribution in [2.24, 2.45) is 5.73 Å². The van der Waals surface area contributed by atoms with Crippen LogP contribution < -0.4 is 5.73 Å². The molecule has 0 radical (unpaired) electrons. The summed E-state index contributed by atoms with van der Waals surface area (Å²) in [5.74, 6) is -0.744. The fourth-order valence-electron chi connectivity index (χ4n) is 2.45. The smallest absolute Gasteiger partial charge is 0.366 e. The van der Waals surface area contributed by atoms with Crippen LogP contribution in [0.25, 0.3) is 28.5 Å². The van der Waals surface area contributed by atoms with Crippen LogP contribution in [0.15, 0.2) is 36.7 Å². The second-order valence-corrected chi connectivity index (χ2v) is 5.73. The van der Waals surface area contributed by atoms with Crippen LogP contribution in [0.5, 0.6) is 0 Å². The highest BCUT2D eigenvalue weighted by atomic mass is 19.4. The minimum Gasteiger partial charge on any atom is -0.366 e. The number of fused-ring (bicyclic) bond motifs is 1. The number of hydrogen-bond donors (Lipinski definition) is 2. The Bertz CT molecular complexity index is 1050. The molecule has 28 heavy (non-hydrogen) atoms. The lowest BCUT2D eigenvalue weighted by Crippen LogP contribution is -2.11. The van der Waals surface area contributed by atoms with Crippen molar-refractivity contribution in [3.8, 4) is 11.3 Å². The van der Waals surface area contributed by atoms with Gasteiger partial charge in [-0.25, -0.2) is 9.97 Å². The van der Waals surface area contributed by atoms with Gasteiger partial charge in [0, 0.05) is 23.4 Å². The summed E-state index contributed by atoms with van der Waals surface area (Å²) in [6, 6.07) is 1.17. The molecular weight excluding hydrogens is 390 g/mol. The molecule has 0 atom stereocenters. The Morgan fingerprint density at radius 3 is 2.18 bits per heavy atom. The number of alkyl halides is 6. The van der Waals surface area contributed by atoms with E-state index in [9.17, 15) is 31.1 Å². The molecule has 0 aliphatic rings. The van der Waals surface area contributed by atoms with Gasteiger partial charge in [-0.05, 0) is 24.3 Å². The van der Waals surface area contributed by atoms with E-state index in [1.165, 1.54) is 12.3 Å². The van der Waals surface area contributed by atoms with E-state index in [1.54, 1.807) is 0 Å². The number of nitrogens with zero attached hydrogens (tertiary/aromatic N) is 2. The number of aromatic amines is 1. The Kier molecular flexibility index (Phi) is 4.61. The summed E-state index contributed by atoms with van der Waals surface area (Å²) in [4.78, 5) is 21.6. The lowest BCUT2D eigenvalue weighted by molar-refractivity contribution is -0.143. The van der Waals surface area contributed by atoms with Gasteiger partial charge in [0.05, 0.1) is 23.0 Å². The number of halogens is 6. The van der Waals surface area contributed by atoms with Gasteiger partial charge in [0.15, 0.2) is 5.65 Å². The van der Waals surface area contributed by atoms with Crippen molar-refractivity contribution in [1.82, 2.24) is 15.0 Å². The van der Waals surface area contributed by atoms with Crippen molar-refractivity contribution in [3.63, 3.8) is 0 Å². The summed E-state index contributed by atoms with van der Waals surface area (Å²) in [6.07, 6.45) is -5.15. The first kappa shape index (κ1) is 19.4. The second-order valence-electron chi connectivity index (χ2n) is 5.73. The standard InChI is InChI=1S/C17H10F6N4O/c18-16(19,20)10-3-9(4-11(5-10)17(21,22)23)12-7-26-15-14(27-12)8(6-25-15)1-2-13(24)28/h1-7H,(H2,24,28)(H,25,26)/b2-1+. The Morgan fingerprint density at radius 2 is 1.64 bits per heavy atom. The molecule has 0 aliphatic heterocycles. The molecule has 2 heterocycles. The molecule has 146 valence electrons. The molecule has 5 nitrogen and oxygen atoms in total. The molecule has 0 saturated carbocycles. The molecule has 2 aromatic heterocycles. The Balaban J connectivity index is 2.18. The average Bonchev–Trinajstić information content (AvgIpc) is 3.00. The molecular formula is C17H10F6N4O. The van der Waals surface area contributed by atoms with E-state index in [0.29, 0.717) is 17.7 Å². The van der Waals surface area contributed by atoms with E-state index in [1.807, 2.05) is 0 Å². The fraction of sp³-hybridized carbons (Fsp3) is 0.118. The quantitative estimate of drug-likeness (QED) is 0.512. The molecule has 1 aromatic carbocycles. The zero-order chi connectivity index (χ0) is 20.7. The van der Waals surface area contributed by atoms with Gasteiger partial charge < -0.3 is 10.7 Å². The maximum absolute atomic E-state index is 13.0. The normalized spacial score (nSPS) is 12.8. The van der Waals surface area contributed by atoms with Gasteiger partial charge in [0.2, 0.25) is 5.91 Å². The molecule has 11 heteroatoms. The number of amides is 1. The molecule has 1 amide bonds. The van der Waals surface area contributed by atoms with Crippen LogP contribution >= 0.6 is 0 Å².